The predicted molar refractivity (Wildman–Crippen MR) is 130 cm³/mol. The Bertz CT molecular complexity index is 1160. The summed E-state index contributed by atoms with van der Waals surface area (Å²) in [6, 6.07) is 11.1. The zero-order valence-corrected chi connectivity index (χ0v) is 19.9. The van der Waals surface area contributed by atoms with Gasteiger partial charge in [-0.2, -0.15) is 0 Å². The maximum absolute atomic E-state index is 13.1. The molecule has 1 heterocycles. The molecule has 0 bridgehead atoms. The molecule has 1 N–H and O–H groups in total. The zero-order chi connectivity index (χ0) is 22.5. The number of carbonyl (C=O) groups excluding carboxylic acids is 1. The summed E-state index contributed by atoms with van der Waals surface area (Å²) in [5.41, 5.74) is 3.45. The first kappa shape index (κ1) is 23.4. The minimum Gasteiger partial charge on any atom is -0.325 e. The summed E-state index contributed by atoms with van der Waals surface area (Å²) < 4.78 is 1.68. The molecule has 3 rings (SSSR count). The van der Waals surface area contributed by atoms with Crippen molar-refractivity contribution in [2.45, 2.75) is 52.2 Å². The molecule has 0 fully saturated rings. The number of benzene rings is 2. The Labute approximate surface area is 192 Å². The lowest BCUT2D eigenvalue weighted by atomic mass is 10.1. The van der Waals surface area contributed by atoms with E-state index in [9.17, 15) is 9.59 Å². The molecule has 0 radical (unpaired) electrons. The van der Waals surface area contributed by atoms with Crippen LogP contribution in [0, 0.1) is 12.8 Å². The number of aromatic nitrogens is 2. The van der Waals surface area contributed by atoms with E-state index in [1.807, 2.05) is 25.1 Å². The third-order valence-electron chi connectivity index (χ3n) is 5.15. The van der Waals surface area contributed by atoms with Crippen LogP contribution in [0.3, 0.4) is 0 Å². The van der Waals surface area contributed by atoms with Gasteiger partial charge >= 0.3 is 0 Å². The number of hydrogen-bond donors (Lipinski definition) is 1. The van der Waals surface area contributed by atoms with Crippen LogP contribution in [0.4, 0.5) is 5.69 Å². The Morgan fingerprint density at radius 2 is 2.03 bits per heavy atom. The molecule has 2 aromatic carbocycles. The summed E-state index contributed by atoms with van der Waals surface area (Å²) in [5, 5.41) is 4.64. The van der Waals surface area contributed by atoms with Crippen molar-refractivity contribution >= 4 is 45.9 Å². The van der Waals surface area contributed by atoms with Gasteiger partial charge in [-0.05, 0) is 55.0 Å². The van der Waals surface area contributed by atoms with Gasteiger partial charge in [-0.3, -0.25) is 14.2 Å². The highest BCUT2D eigenvalue weighted by Crippen LogP contribution is 2.24. The molecule has 1 aromatic heterocycles. The van der Waals surface area contributed by atoms with Gasteiger partial charge in [0, 0.05) is 17.3 Å². The van der Waals surface area contributed by atoms with Crippen LogP contribution in [-0.4, -0.2) is 21.2 Å². The molecule has 0 aliphatic rings. The van der Waals surface area contributed by atoms with Crippen LogP contribution in [0.25, 0.3) is 10.9 Å². The van der Waals surface area contributed by atoms with Crippen molar-refractivity contribution in [1.29, 1.82) is 0 Å². The van der Waals surface area contributed by atoms with Gasteiger partial charge in [0.1, 0.15) is 0 Å². The Hall–Kier alpha value is -2.31. The third kappa shape index (κ3) is 5.69. The number of nitrogens with one attached hydrogen (secondary N) is 1. The maximum atomic E-state index is 13.1. The van der Waals surface area contributed by atoms with Crippen LogP contribution in [0.5, 0.6) is 0 Å². The van der Waals surface area contributed by atoms with Gasteiger partial charge in [0.25, 0.3) is 5.56 Å². The number of amides is 1. The van der Waals surface area contributed by atoms with E-state index >= 15 is 0 Å². The first-order chi connectivity index (χ1) is 14.8. The number of carbonyl (C=O) groups is 1. The van der Waals surface area contributed by atoms with Gasteiger partial charge in [0.15, 0.2) is 5.16 Å². The molecule has 3 aromatic rings. The van der Waals surface area contributed by atoms with E-state index < -0.39 is 0 Å². The third-order valence-corrected chi connectivity index (χ3v) is 6.36. The van der Waals surface area contributed by atoms with Gasteiger partial charge in [0.05, 0.1) is 16.7 Å². The fraction of sp³-hybridized carbons (Fsp3) is 0.375. The predicted octanol–water partition coefficient (Wildman–Crippen LogP) is 5.70. The first-order valence-electron chi connectivity index (χ1n) is 10.5. The topological polar surface area (TPSA) is 64.0 Å². The number of anilines is 1. The second kappa shape index (κ2) is 10.3. The molecule has 0 unspecified atom stereocenters. The van der Waals surface area contributed by atoms with Gasteiger partial charge in [-0.15, -0.1) is 0 Å². The molecule has 0 aliphatic carbocycles. The number of thioether (sulfide) groups is 1. The van der Waals surface area contributed by atoms with Gasteiger partial charge < -0.3 is 5.32 Å². The van der Waals surface area contributed by atoms with Crippen LogP contribution in [-0.2, 0) is 17.8 Å². The van der Waals surface area contributed by atoms with E-state index in [1.54, 1.807) is 22.8 Å². The molecular formula is C24H28ClN3O2S. The molecule has 164 valence electrons. The van der Waals surface area contributed by atoms with E-state index in [1.165, 1.54) is 11.8 Å². The van der Waals surface area contributed by atoms with Crippen molar-refractivity contribution < 1.29 is 4.79 Å². The van der Waals surface area contributed by atoms with Crippen molar-refractivity contribution in [2.75, 3.05) is 11.1 Å². The molecule has 5 nitrogen and oxygen atoms in total. The van der Waals surface area contributed by atoms with Crippen LogP contribution >= 0.6 is 23.4 Å². The number of para-hydroxylation sites is 1. The second-order valence-corrected chi connectivity index (χ2v) is 9.37. The second-order valence-electron chi connectivity index (χ2n) is 7.99. The minimum absolute atomic E-state index is 0.0996. The standard InChI is InChI=1S/C24H28ClN3O2S/c1-5-17-8-6-7-16(4)22(17)27-21(29)14-31-24-26-20-13-18(25)9-10-19(20)23(30)28(24)12-11-15(2)3/h6-10,13,15H,5,11-12,14H2,1-4H3,(H,27,29). The smallest absolute Gasteiger partial charge is 0.262 e. The highest BCUT2D eigenvalue weighted by atomic mass is 35.5. The molecule has 0 spiro atoms. The first-order valence-corrected chi connectivity index (χ1v) is 11.9. The Morgan fingerprint density at radius 1 is 1.26 bits per heavy atom. The highest BCUT2D eigenvalue weighted by molar-refractivity contribution is 7.99. The van der Waals surface area contributed by atoms with Crippen LogP contribution in [0.2, 0.25) is 5.02 Å². The normalized spacial score (nSPS) is 11.3. The van der Waals surface area contributed by atoms with Crippen LogP contribution in [0.15, 0.2) is 46.3 Å². The molecule has 31 heavy (non-hydrogen) atoms. The monoisotopic (exact) mass is 457 g/mol. The number of nitrogens with zero attached hydrogens (tertiary/aromatic N) is 2. The molecule has 1 amide bonds. The van der Waals surface area contributed by atoms with Gasteiger partial charge in [0.2, 0.25) is 5.91 Å². The molecule has 0 saturated heterocycles. The summed E-state index contributed by atoms with van der Waals surface area (Å²) in [6.07, 6.45) is 1.69. The van der Waals surface area contributed by atoms with E-state index in [4.69, 9.17) is 11.6 Å². The number of rotatable bonds is 8. The van der Waals surface area contributed by atoms with Crippen LogP contribution in [0.1, 0.15) is 38.3 Å². The lowest BCUT2D eigenvalue weighted by Crippen LogP contribution is -2.25. The zero-order valence-electron chi connectivity index (χ0n) is 18.4. The minimum atomic E-state index is -0.121. The lowest BCUT2D eigenvalue weighted by Gasteiger charge is -2.15. The number of halogens is 1. The molecule has 0 aliphatic heterocycles. The summed E-state index contributed by atoms with van der Waals surface area (Å²) in [6.45, 7) is 8.85. The van der Waals surface area contributed by atoms with Gasteiger partial charge in [-0.25, -0.2) is 4.98 Å². The SMILES string of the molecule is CCc1cccc(C)c1NC(=O)CSc1nc2cc(Cl)ccc2c(=O)n1CCC(C)C. The fourth-order valence-electron chi connectivity index (χ4n) is 3.38. The summed E-state index contributed by atoms with van der Waals surface area (Å²) >= 11 is 7.38. The average Bonchev–Trinajstić information content (AvgIpc) is 2.72. The van der Waals surface area contributed by atoms with Crippen molar-refractivity contribution in [2.24, 2.45) is 5.92 Å². The Morgan fingerprint density at radius 3 is 2.74 bits per heavy atom. The summed E-state index contributed by atoms with van der Waals surface area (Å²) in [4.78, 5) is 30.5. The van der Waals surface area contributed by atoms with Gasteiger partial charge in [-0.1, -0.05) is 62.3 Å². The quantitative estimate of drug-likeness (QED) is 0.348. The average molecular weight is 458 g/mol. The van der Waals surface area contributed by atoms with E-state index in [0.717, 1.165) is 29.7 Å². The van der Waals surface area contributed by atoms with E-state index in [-0.39, 0.29) is 17.2 Å². The molecule has 7 heteroatoms. The highest BCUT2D eigenvalue weighted by Gasteiger charge is 2.15. The summed E-state index contributed by atoms with van der Waals surface area (Å²) in [7, 11) is 0. The number of aryl methyl sites for hydroxylation is 2. The van der Waals surface area contributed by atoms with Crippen molar-refractivity contribution in [1.82, 2.24) is 9.55 Å². The summed E-state index contributed by atoms with van der Waals surface area (Å²) in [5.74, 6) is 0.491. The molecular weight excluding hydrogens is 430 g/mol. The largest absolute Gasteiger partial charge is 0.325 e. The molecule has 0 atom stereocenters. The Kier molecular flexibility index (Phi) is 7.79. The van der Waals surface area contributed by atoms with Crippen molar-refractivity contribution in [3.63, 3.8) is 0 Å². The number of hydrogen-bond acceptors (Lipinski definition) is 4. The maximum Gasteiger partial charge on any atom is 0.262 e. The van der Waals surface area contributed by atoms with Crippen molar-refractivity contribution in [3.05, 3.63) is 62.9 Å². The fourth-order valence-corrected chi connectivity index (χ4v) is 4.37. The van der Waals surface area contributed by atoms with E-state index in [2.05, 4.69) is 31.1 Å². The number of fused-ring (bicyclic) bond motifs is 1. The lowest BCUT2D eigenvalue weighted by molar-refractivity contribution is -0.113. The van der Waals surface area contributed by atoms with Crippen molar-refractivity contribution in [3.8, 4) is 0 Å². The van der Waals surface area contributed by atoms with Crippen LogP contribution < -0.4 is 10.9 Å². The Balaban J connectivity index is 1.87. The van der Waals surface area contributed by atoms with E-state index in [0.29, 0.717) is 33.5 Å². The molecule has 0 saturated carbocycles.